The number of hydrogen-bond acceptors (Lipinski definition) is 7. The van der Waals surface area contributed by atoms with Gasteiger partial charge >= 0.3 is 11.9 Å². The van der Waals surface area contributed by atoms with Crippen LogP contribution in [-0.2, 0) is 28.6 Å². The molecule has 2 unspecified atom stereocenters. The Bertz CT molecular complexity index is 1090. The van der Waals surface area contributed by atoms with Crippen LogP contribution in [0.5, 0.6) is 0 Å². The van der Waals surface area contributed by atoms with Crippen LogP contribution in [0.2, 0.25) is 0 Å². The van der Waals surface area contributed by atoms with Gasteiger partial charge in [-0.05, 0) is 51.4 Å². The van der Waals surface area contributed by atoms with Crippen molar-refractivity contribution >= 4 is 17.9 Å². The number of carboxylic acids is 1. The summed E-state index contributed by atoms with van der Waals surface area (Å²) in [7, 11) is 5.41. The van der Waals surface area contributed by atoms with Crippen molar-refractivity contribution in [3.8, 4) is 0 Å². The number of carbonyl (C=O) groups is 3. The zero-order chi connectivity index (χ0) is 42.8. The van der Waals surface area contributed by atoms with Gasteiger partial charge in [0.25, 0.3) is 0 Å². The molecule has 0 aliphatic carbocycles. The predicted octanol–water partition coefficient (Wildman–Crippen LogP) is 11.9. The quantitative estimate of drug-likeness (QED) is 0.0262. The average molecular weight is 816 g/mol. The number of ether oxygens (including phenoxy) is 3. The molecule has 0 spiro atoms. The van der Waals surface area contributed by atoms with Crippen molar-refractivity contribution < 1.29 is 38.2 Å². The third-order valence-electron chi connectivity index (χ3n) is 10.5. The number of rotatable bonds is 42. The standard InChI is InChI=1S/C50H89NO7/c1-6-8-10-12-14-16-18-20-22-23-24-25-26-27-29-30-32-34-36-38-40-48(52)57-45-46(44-56-43-42-47(50(54)55)51(3,4)5)58-49(53)41-39-37-35-33-31-28-21-19-17-15-13-11-9-7-2/h8,10,14,16,20,22,24-25,46-47H,6-7,9,11-13,15,17-19,21,23,26-45H2,1-5H3/b10-8+,16-14+,22-20+,25-24+. The third kappa shape index (κ3) is 38.8. The number of nitrogens with zero attached hydrogens (tertiary/aromatic N) is 1. The molecule has 0 fully saturated rings. The Morgan fingerprint density at radius 1 is 0.534 bits per heavy atom. The Balaban J connectivity index is 4.29. The highest BCUT2D eigenvalue weighted by molar-refractivity contribution is 5.70. The van der Waals surface area contributed by atoms with E-state index in [0.717, 1.165) is 70.6 Å². The highest BCUT2D eigenvalue weighted by atomic mass is 16.6. The summed E-state index contributed by atoms with van der Waals surface area (Å²) in [5, 5.41) is 11.6. The van der Waals surface area contributed by atoms with Gasteiger partial charge in [-0.1, -0.05) is 178 Å². The van der Waals surface area contributed by atoms with E-state index in [4.69, 9.17) is 14.2 Å². The molecule has 2 atom stereocenters. The fourth-order valence-electron chi connectivity index (χ4n) is 6.83. The van der Waals surface area contributed by atoms with Crippen LogP contribution in [0.4, 0.5) is 0 Å². The fourth-order valence-corrected chi connectivity index (χ4v) is 6.83. The molecule has 336 valence electrons. The van der Waals surface area contributed by atoms with Gasteiger partial charge in [0, 0.05) is 19.3 Å². The summed E-state index contributed by atoms with van der Waals surface area (Å²) >= 11 is 0. The molecule has 0 radical (unpaired) electrons. The molecule has 0 saturated heterocycles. The van der Waals surface area contributed by atoms with E-state index in [2.05, 4.69) is 62.5 Å². The molecule has 0 aliphatic rings. The van der Waals surface area contributed by atoms with Crippen molar-refractivity contribution in [3.63, 3.8) is 0 Å². The van der Waals surface area contributed by atoms with E-state index in [1.54, 1.807) is 21.1 Å². The minimum Gasteiger partial charge on any atom is -0.544 e. The summed E-state index contributed by atoms with van der Waals surface area (Å²) < 4.78 is 17.2. The molecule has 0 rings (SSSR count). The Hall–Kier alpha value is -2.71. The van der Waals surface area contributed by atoms with E-state index in [1.807, 2.05) is 0 Å². The van der Waals surface area contributed by atoms with Crippen LogP contribution in [0, 0.1) is 0 Å². The second-order valence-corrected chi connectivity index (χ2v) is 17.0. The normalized spacial score (nSPS) is 13.3. The maximum absolute atomic E-state index is 12.7. The van der Waals surface area contributed by atoms with E-state index >= 15 is 0 Å². The number of quaternary nitrogens is 1. The van der Waals surface area contributed by atoms with Gasteiger partial charge in [0.05, 0.1) is 40.3 Å². The number of hydrogen-bond donors (Lipinski definition) is 0. The first-order chi connectivity index (χ1) is 28.1. The summed E-state index contributed by atoms with van der Waals surface area (Å²) in [5.74, 6) is -1.74. The van der Waals surface area contributed by atoms with Crippen molar-refractivity contribution in [1.82, 2.24) is 0 Å². The molecule has 0 N–H and O–H groups in total. The van der Waals surface area contributed by atoms with E-state index < -0.39 is 18.1 Å². The van der Waals surface area contributed by atoms with Gasteiger partial charge in [0.15, 0.2) is 6.10 Å². The summed E-state index contributed by atoms with van der Waals surface area (Å²) in [4.78, 5) is 36.9. The number of aliphatic carboxylic acids is 1. The molecule has 58 heavy (non-hydrogen) atoms. The molecule has 0 saturated carbocycles. The summed E-state index contributed by atoms with van der Waals surface area (Å²) in [6.45, 7) is 4.55. The molecule has 0 aromatic heterocycles. The fraction of sp³-hybridized carbons (Fsp3) is 0.780. The highest BCUT2D eigenvalue weighted by Gasteiger charge is 2.25. The number of carboxylic acid groups (broad SMARTS) is 1. The Morgan fingerprint density at radius 2 is 0.966 bits per heavy atom. The van der Waals surface area contributed by atoms with Crippen molar-refractivity contribution in [1.29, 1.82) is 0 Å². The van der Waals surface area contributed by atoms with Crippen molar-refractivity contribution in [2.24, 2.45) is 0 Å². The van der Waals surface area contributed by atoms with Gasteiger partial charge in [-0.15, -0.1) is 0 Å². The van der Waals surface area contributed by atoms with Crippen LogP contribution in [0.15, 0.2) is 48.6 Å². The van der Waals surface area contributed by atoms with Gasteiger partial charge < -0.3 is 28.6 Å². The van der Waals surface area contributed by atoms with E-state index in [0.29, 0.717) is 12.8 Å². The van der Waals surface area contributed by atoms with E-state index in [1.165, 1.54) is 96.3 Å². The second kappa shape index (κ2) is 41.0. The lowest BCUT2D eigenvalue weighted by Gasteiger charge is -2.34. The Labute approximate surface area is 356 Å². The number of esters is 2. The summed E-state index contributed by atoms with van der Waals surface area (Å²) in [5.41, 5.74) is 0. The average Bonchev–Trinajstić information content (AvgIpc) is 3.18. The van der Waals surface area contributed by atoms with E-state index in [9.17, 15) is 19.5 Å². The minimum atomic E-state index is -1.13. The number of carbonyl (C=O) groups excluding carboxylic acids is 3. The maximum Gasteiger partial charge on any atom is 0.306 e. The molecule has 0 aromatic rings. The first-order valence-corrected chi connectivity index (χ1v) is 23.7. The largest absolute Gasteiger partial charge is 0.544 e. The number of allylic oxidation sites excluding steroid dienone is 8. The highest BCUT2D eigenvalue weighted by Crippen LogP contribution is 2.15. The SMILES string of the molecule is CC/C=C/C/C=C/C/C=C/C/C=C/CCCCCCCCCC(=O)OCC(COCCC(C(=O)[O-])[N+](C)(C)C)OC(=O)CCCCCCCCCCCCCCCC. The molecule has 0 bridgehead atoms. The molecule has 8 nitrogen and oxygen atoms in total. The van der Waals surface area contributed by atoms with Crippen LogP contribution in [0.25, 0.3) is 0 Å². The molecule has 0 heterocycles. The summed E-state index contributed by atoms with van der Waals surface area (Å²) in [6, 6.07) is -0.727. The van der Waals surface area contributed by atoms with Crippen LogP contribution >= 0.6 is 0 Å². The van der Waals surface area contributed by atoms with Gasteiger partial charge in [-0.3, -0.25) is 9.59 Å². The lowest BCUT2D eigenvalue weighted by atomic mass is 10.0. The maximum atomic E-state index is 12.7. The van der Waals surface area contributed by atoms with Crippen LogP contribution in [-0.4, -0.2) is 75.5 Å². The van der Waals surface area contributed by atoms with E-state index in [-0.39, 0.29) is 42.7 Å². The van der Waals surface area contributed by atoms with Gasteiger partial charge in [-0.2, -0.15) is 0 Å². The van der Waals surface area contributed by atoms with Crippen LogP contribution < -0.4 is 5.11 Å². The van der Waals surface area contributed by atoms with Crippen LogP contribution in [0.3, 0.4) is 0 Å². The first kappa shape index (κ1) is 55.3. The van der Waals surface area contributed by atoms with Crippen LogP contribution in [0.1, 0.15) is 200 Å². The van der Waals surface area contributed by atoms with Crippen molar-refractivity contribution in [3.05, 3.63) is 48.6 Å². The number of likely N-dealkylation sites (N-methyl/N-ethyl adjacent to an activating group) is 1. The minimum absolute atomic E-state index is 0.0386. The molecular formula is C50H89NO7. The molecular weight excluding hydrogens is 727 g/mol. The second-order valence-electron chi connectivity index (χ2n) is 17.0. The molecule has 8 heteroatoms. The Morgan fingerprint density at radius 3 is 1.43 bits per heavy atom. The zero-order valence-corrected chi connectivity index (χ0v) is 38.2. The molecule has 0 amide bonds. The lowest BCUT2D eigenvalue weighted by Crippen LogP contribution is -2.55. The first-order valence-electron chi connectivity index (χ1n) is 23.7. The molecule has 0 aliphatic heterocycles. The topological polar surface area (TPSA) is 102 Å². The number of unbranched alkanes of at least 4 members (excludes halogenated alkanes) is 20. The zero-order valence-electron chi connectivity index (χ0n) is 38.2. The predicted molar refractivity (Wildman–Crippen MR) is 240 cm³/mol. The van der Waals surface area contributed by atoms with Gasteiger partial charge in [0.1, 0.15) is 12.6 Å². The van der Waals surface area contributed by atoms with Gasteiger partial charge in [-0.25, -0.2) is 0 Å². The Kier molecular flexibility index (Phi) is 39.1. The smallest absolute Gasteiger partial charge is 0.306 e. The van der Waals surface area contributed by atoms with Crippen molar-refractivity contribution in [2.45, 2.75) is 212 Å². The molecule has 0 aromatic carbocycles. The monoisotopic (exact) mass is 816 g/mol. The summed E-state index contributed by atoms with van der Waals surface area (Å²) in [6.07, 6.45) is 48.4. The third-order valence-corrected chi connectivity index (χ3v) is 10.5. The van der Waals surface area contributed by atoms with Gasteiger partial charge in [0.2, 0.25) is 0 Å². The lowest BCUT2D eigenvalue weighted by molar-refractivity contribution is -0.889. The van der Waals surface area contributed by atoms with Crippen molar-refractivity contribution in [2.75, 3.05) is 41.0 Å².